The van der Waals surface area contributed by atoms with Crippen LogP contribution in [-0.4, -0.2) is 10.8 Å². The maximum Gasteiger partial charge on any atom is 0.302 e. The second-order valence-electron chi connectivity index (χ2n) is 3.63. The van der Waals surface area contributed by atoms with Gasteiger partial charge in [-0.05, 0) is 24.3 Å². The van der Waals surface area contributed by atoms with Crippen molar-refractivity contribution in [2.75, 3.05) is 0 Å². The lowest BCUT2D eigenvalue weighted by Gasteiger charge is -1.99. The average molecular weight is 259 g/mol. The molecule has 1 aromatic carbocycles. The van der Waals surface area contributed by atoms with E-state index in [0.717, 1.165) is 0 Å². The number of aromatic nitrogens is 2. The molecule has 0 N–H and O–H groups in total. The van der Waals surface area contributed by atoms with Crippen LogP contribution in [0.4, 0.5) is 0 Å². The van der Waals surface area contributed by atoms with Gasteiger partial charge in [0.1, 0.15) is 6.20 Å². The highest BCUT2D eigenvalue weighted by Gasteiger charge is 2.16. The van der Waals surface area contributed by atoms with E-state index in [2.05, 4.69) is 4.98 Å². The molecule has 0 saturated carbocycles. The van der Waals surface area contributed by atoms with Gasteiger partial charge < -0.3 is 0 Å². The summed E-state index contributed by atoms with van der Waals surface area (Å²) in [7, 11) is 0. The zero-order chi connectivity index (χ0) is 13.0. The van der Waals surface area contributed by atoms with Crippen LogP contribution < -0.4 is 4.57 Å². The van der Waals surface area contributed by atoms with E-state index in [1.165, 1.54) is 12.4 Å². The molecule has 0 spiro atoms. The first-order valence-corrected chi connectivity index (χ1v) is 5.61. The molecule has 88 valence electrons. The Morgan fingerprint density at radius 1 is 1.39 bits per heavy atom. The zero-order valence-electron chi connectivity index (χ0n) is 9.38. The second kappa shape index (κ2) is 5.39. The maximum absolute atomic E-state index is 12.0. The molecule has 0 bridgehead atoms. The third-order valence-electron chi connectivity index (χ3n) is 2.43. The van der Waals surface area contributed by atoms with Crippen molar-refractivity contribution in [3.8, 4) is 6.07 Å². The van der Waals surface area contributed by atoms with Gasteiger partial charge in [0, 0.05) is 10.6 Å². The van der Waals surface area contributed by atoms with Crippen molar-refractivity contribution < 1.29 is 9.36 Å². The molecule has 18 heavy (non-hydrogen) atoms. The third-order valence-corrected chi connectivity index (χ3v) is 2.69. The van der Waals surface area contributed by atoms with E-state index in [-0.39, 0.29) is 12.3 Å². The van der Waals surface area contributed by atoms with Gasteiger partial charge in [-0.2, -0.15) is 9.83 Å². The molecule has 1 aromatic heterocycles. The fraction of sp³-hybridized carbons (Fsp3) is 0.0769. The van der Waals surface area contributed by atoms with Gasteiger partial charge in [0.2, 0.25) is 12.3 Å². The summed E-state index contributed by atoms with van der Waals surface area (Å²) >= 11 is 5.76. The molecule has 0 saturated heterocycles. The summed E-state index contributed by atoms with van der Waals surface area (Å²) in [5.74, 6) is -0.0839. The Balaban J connectivity index is 2.22. The molecule has 1 heterocycles. The molecular weight excluding hydrogens is 250 g/mol. The highest BCUT2D eigenvalue weighted by atomic mass is 35.5. The van der Waals surface area contributed by atoms with E-state index in [4.69, 9.17) is 16.9 Å². The van der Waals surface area contributed by atoms with Crippen molar-refractivity contribution in [1.29, 1.82) is 5.26 Å². The summed E-state index contributed by atoms with van der Waals surface area (Å²) in [6, 6.07) is 8.65. The number of nitriles is 1. The molecule has 0 unspecified atom stereocenters. The fourth-order valence-electron chi connectivity index (χ4n) is 1.50. The molecule has 0 aliphatic carbocycles. The number of rotatable bonds is 3. The van der Waals surface area contributed by atoms with Gasteiger partial charge in [0.15, 0.2) is 12.3 Å². The van der Waals surface area contributed by atoms with Crippen LogP contribution in [0.1, 0.15) is 16.1 Å². The predicted molar refractivity (Wildman–Crippen MR) is 64.9 cm³/mol. The van der Waals surface area contributed by atoms with Crippen molar-refractivity contribution in [2.24, 2.45) is 0 Å². The molecule has 0 fully saturated rings. The Morgan fingerprint density at radius 2 is 2.11 bits per heavy atom. The summed E-state index contributed by atoms with van der Waals surface area (Å²) < 4.78 is 1.56. The molecule has 0 amide bonds. The summed E-state index contributed by atoms with van der Waals surface area (Å²) in [6.07, 6.45) is 4.57. The zero-order valence-corrected chi connectivity index (χ0v) is 10.1. The lowest BCUT2D eigenvalue weighted by atomic mass is 10.1. The van der Waals surface area contributed by atoms with E-state index in [1.54, 1.807) is 35.0 Å². The first-order valence-electron chi connectivity index (χ1n) is 5.23. The number of nitrogens with zero attached hydrogens (tertiary/aromatic N) is 3. The lowest BCUT2D eigenvalue weighted by molar-refractivity contribution is -0.686. The Kier molecular flexibility index (Phi) is 3.66. The number of carbonyl (C=O) groups excluding carboxylic acids is 1. The Bertz CT molecular complexity index is 617. The number of ketones is 1. The van der Waals surface area contributed by atoms with E-state index < -0.39 is 0 Å². The minimum Gasteiger partial charge on any atom is -0.287 e. The van der Waals surface area contributed by atoms with Crippen LogP contribution in [0.5, 0.6) is 0 Å². The third kappa shape index (κ3) is 2.70. The van der Waals surface area contributed by atoms with E-state index in [0.29, 0.717) is 16.3 Å². The maximum atomic E-state index is 12.0. The highest BCUT2D eigenvalue weighted by Crippen LogP contribution is 2.10. The van der Waals surface area contributed by atoms with E-state index in [1.807, 2.05) is 6.07 Å². The first-order chi connectivity index (χ1) is 8.70. The SMILES string of the molecule is N#Cc1cncc[n+]1CC(=O)c1ccc(Cl)cc1. The molecule has 0 aliphatic heterocycles. The van der Waals surface area contributed by atoms with Crippen LogP contribution in [-0.2, 0) is 6.54 Å². The van der Waals surface area contributed by atoms with Crippen LogP contribution in [0.2, 0.25) is 5.02 Å². The quantitative estimate of drug-likeness (QED) is 0.623. The van der Waals surface area contributed by atoms with Gasteiger partial charge in [0.25, 0.3) is 0 Å². The van der Waals surface area contributed by atoms with Gasteiger partial charge in [-0.3, -0.25) is 9.78 Å². The Morgan fingerprint density at radius 3 is 2.78 bits per heavy atom. The summed E-state index contributed by atoms with van der Waals surface area (Å²) in [5.41, 5.74) is 0.910. The Labute approximate surface area is 109 Å². The number of carbonyl (C=O) groups is 1. The fourth-order valence-corrected chi connectivity index (χ4v) is 1.63. The monoisotopic (exact) mass is 258 g/mol. The largest absolute Gasteiger partial charge is 0.302 e. The van der Waals surface area contributed by atoms with Crippen LogP contribution in [0, 0.1) is 11.3 Å². The molecule has 4 nitrogen and oxygen atoms in total. The molecular formula is C13H9ClN3O+. The van der Waals surface area contributed by atoms with Gasteiger partial charge >= 0.3 is 5.69 Å². The minimum atomic E-state index is -0.0839. The van der Waals surface area contributed by atoms with Crippen LogP contribution >= 0.6 is 11.6 Å². The lowest BCUT2D eigenvalue weighted by Crippen LogP contribution is -2.40. The standard InChI is InChI=1S/C13H9ClN3O/c14-11-3-1-10(2-4-11)13(18)9-17-6-5-16-8-12(17)7-15/h1-6,8H,9H2/q+1. The predicted octanol–water partition coefficient (Wildman–Crippen LogP) is 1.78. The average Bonchev–Trinajstić information content (AvgIpc) is 2.40. The van der Waals surface area contributed by atoms with Gasteiger partial charge in [0.05, 0.1) is 6.20 Å². The van der Waals surface area contributed by atoms with E-state index >= 15 is 0 Å². The second-order valence-corrected chi connectivity index (χ2v) is 4.07. The number of halogens is 1. The molecule has 0 radical (unpaired) electrons. The highest BCUT2D eigenvalue weighted by molar-refractivity contribution is 6.30. The Hall–Kier alpha value is -2.25. The molecule has 5 heteroatoms. The normalized spacial score (nSPS) is 9.78. The van der Waals surface area contributed by atoms with Crippen LogP contribution in [0.15, 0.2) is 42.9 Å². The smallest absolute Gasteiger partial charge is 0.287 e. The summed E-state index contributed by atoms with van der Waals surface area (Å²) in [5, 5.41) is 9.48. The van der Waals surface area contributed by atoms with Gasteiger partial charge in [-0.1, -0.05) is 11.6 Å². The van der Waals surface area contributed by atoms with Crippen molar-refractivity contribution in [3.05, 3.63) is 59.1 Å². The van der Waals surface area contributed by atoms with Crippen molar-refractivity contribution in [1.82, 2.24) is 4.98 Å². The molecule has 2 rings (SSSR count). The number of hydrogen-bond acceptors (Lipinski definition) is 3. The number of hydrogen-bond donors (Lipinski definition) is 0. The van der Waals surface area contributed by atoms with E-state index in [9.17, 15) is 4.79 Å². The van der Waals surface area contributed by atoms with Gasteiger partial charge in [-0.25, -0.2) is 0 Å². The summed E-state index contributed by atoms with van der Waals surface area (Å²) in [6.45, 7) is 0.104. The molecule has 2 aromatic rings. The topological polar surface area (TPSA) is 57.6 Å². The van der Waals surface area contributed by atoms with Gasteiger partial charge in [-0.15, -0.1) is 0 Å². The van der Waals surface area contributed by atoms with Crippen molar-refractivity contribution >= 4 is 17.4 Å². The summed E-state index contributed by atoms with van der Waals surface area (Å²) in [4.78, 5) is 15.8. The molecule has 0 aliphatic rings. The first kappa shape index (κ1) is 12.2. The van der Waals surface area contributed by atoms with Crippen LogP contribution in [0.25, 0.3) is 0 Å². The number of Topliss-reactive ketones (excluding diaryl/α,β-unsaturated/α-hetero) is 1. The van der Waals surface area contributed by atoms with Crippen molar-refractivity contribution in [2.45, 2.75) is 6.54 Å². The van der Waals surface area contributed by atoms with Crippen LogP contribution in [0.3, 0.4) is 0 Å². The number of benzene rings is 1. The van der Waals surface area contributed by atoms with Crippen molar-refractivity contribution in [3.63, 3.8) is 0 Å². The molecule has 0 atom stereocenters. The minimum absolute atomic E-state index is 0.0839.